The maximum atomic E-state index is 11.8. The van der Waals surface area contributed by atoms with Gasteiger partial charge in [-0.05, 0) is 6.07 Å². The Morgan fingerprint density at radius 3 is 2.83 bits per heavy atom. The zero-order chi connectivity index (χ0) is 13.1. The van der Waals surface area contributed by atoms with Crippen LogP contribution in [-0.4, -0.2) is 21.8 Å². The third kappa shape index (κ3) is 2.55. The molecule has 0 saturated heterocycles. The first-order chi connectivity index (χ1) is 8.60. The van der Waals surface area contributed by atoms with Gasteiger partial charge in [-0.3, -0.25) is 9.59 Å². The van der Waals surface area contributed by atoms with Gasteiger partial charge in [0.1, 0.15) is 15.6 Å². The maximum absolute atomic E-state index is 11.8. The van der Waals surface area contributed by atoms with Crippen molar-refractivity contribution in [2.45, 2.75) is 6.54 Å². The lowest BCUT2D eigenvalue weighted by Gasteiger charge is -1.98. The monoisotopic (exact) mass is 265 g/mol. The highest BCUT2D eigenvalue weighted by molar-refractivity contribution is 7.13. The first kappa shape index (κ1) is 12.3. The van der Waals surface area contributed by atoms with Gasteiger partial charge in [0.15, 0.2) is 0 Å². The van der Waals surface area contributed by atoms with Gasteiger partial charge < -0.3 is 21.8 Å². The molecule has 18 heavy (non-hydrogen) atoms. The minimum Gasteiger partial charge on any atom is -0.364 e. The van der Waals surface area contributed by atoms with Crippen LogP contribution in [0.3, 0.4) is 0 Å². The van der Waals surface area contributed by atoms with Crippen molar-refractivity contribution in [2.24, 2.45) is 11.5 Å². The maximum Gasteiger partial charge on any atom is 0.267 e. The fourth-order valence-corrected chi connectivity index (χ4v) is 2.00. The SMILES string of the molecule is NCc1ncc(C(=O)Nc2c[nH]c(C(N)=O)c2)s1. The predicted molar refractivity (Wildman–Crippen MR) is 67.3 cm³/mol. The van der Waals surface area contributed by atoms with Crippen molar-refractivity contribution in [1.82, 2.24) is 9.97 Å². The Bertz CT molecular complexity index is 589. The quantitative estimate of drug-likeness (QED) is 0.633. The molecule has 2 amide bonds. The predicted octanol–water partition coefficient (Wildman–Crippen LogP) is 0.281. The minimum atomic E-state index is -0.585. The van der Waals surface area contributed by atoms with E-state index < -0.39 is 5.91 Å². The topological polar surface area (TPSA) is 127 Å². The summed E-state index contributed by atoms with van der Waals surface area (Å²) in [6, 6.07) is 1.46. The third-order valence-corrected chi connectivity index (χ3v) is 3.18. The summed E-state index contributed by atoms with van der Waals surface area (Å²) in [6.07, 6.45) is 2.95. The molecule has 0 atom stereocenters. The zero-order valence-corrected chi connectivity index (χ0v) is 10.1. The molecular weight excluding hydrogens is 254 g/mol. The average Bonchev–Trinajstić information content (AvgIpc) is 2.96. The molecule has 0 fully saturated rings. The van der Waals surface area contributed by atoms with Gasteiger partial charge in [0.05, 0.1) is 11.9 Å². The molecule has 0 aliphatic heterocycles. The summed E-state index contributed by atoms with van der Waals surface area (Å²) >= 11 is 1.22. The number of amides is 2. The van der Waals surface area contributed by atoms with Crippen molar-refractivity contribution in [1.29, 1.82) is 0 Å². The van der Waals surface area contributed by atoms with E-state index in [1.54, 1.807) is 0 Å². The lowest BCUT2D eigenvalue weighted by atomic mass is 10.4. The van der Waals surface area contributed by atoms with E-state index in [1.807, 2.05) is 0 Å². The smallest absolute Gasteiger partial charge is 0.267 e. The Morgan fingerprint density at radius 1 is 1.50 bits per heavy atom. The Hall–Kier alpha value is -2.19. The second kappa shape index (κ2) is 4.98. The second-order valence-corrected chi connectivity index (χ2v) is 4.56. The first-order valence-electron chi connectivity index (χ1n) is 5.04. The molecule has 0 bridgehead atoms. The molecule has 0 saturated carbocycles. The third-order valence-electron chi connectivity index (χ3n) is 2.16. The summed E-state index contributed by atoms with van der Waals surface area (Å²) in [5.41, 5.74) is 11.2. The molecule has 2 aromatic heterocycles. The van der Waals surface area contributed by atoms with Crippen LogP contribution in [0.2, 0.25) is 0 Å². The Morgan fingerprint density at radius 2 is 2.28 bits per heavy atom. The molecule has 0 radical (unpaired) electrons. The van der Waals surface area contributed by atoms with E-state index in [0.29, 0.717) is 22.1 Å². The van der Waals surface area contributed by atoms with Gasteiger partial charge in [-0.1, -0.05) is 0 Å². The molecule has 0 spiro atoms. The minimum absolute atomic E-state index is 0.234. The number of carbonyl (C=O) groups is 2. The number of primary amides is 1. The molecule has 8 heteroatoms. The fourth-order valence-electron chi connectivity index (χ4n) is 1.31. The summed E-state index contributed by atoms with van der Waals surface area (Å²) < 4.78 is 0. The molecule has 94 valence electrons. The molecular formula is C10H11N5O2S. The van der Waals surface area contributed by atoms with Gasteiger partial charge in [-0.2, -0.15) is 0 Å². The number of hydrogen-bond donors (Lipinski definition) is 4. The lowest BCUT2D eigenvalue weighted by Crippen LogP contribution is -2.11. The summed E-state index contributed by atoms with van der Waals surface area (Å²) in [4.78, 5) is 29.8. The molecule has 2 rings (SSSR count). The van der Waals surface area contributed by atoms with Crippen LogP contribution in [-0.2, 0) is 6.54 Å². The van der Waals surface area contributed by atoms with Crippen LogP contribution in [0.5, 0.6) is 0 Å². The summed E-state index contributed by atoms with van der Waals surface area (Å²) in [5, 5.41) is 3.31. The van der Waals surface area contributed by atoms with E-state index in [1.165, 1.54) is 29.8 Å². The molecule has 2 aromatic rings. The van der Waals surface area contributed by atoms with E-state index in [2.05, 4.69) is 15.3 Å². The van der Waals surface area contributed by atoms with Crippen molar-refractivity contribution in [3.05, 3.63) is 34.0 Å². The van der Waals surface area contributed by atoms with Crippen LogP contribution >= 0.6 is 11.3 Å². The fraction of sp³-hybridized carbons (Fsp3) is 0.100. The Kier molecular flexibility index (Phi) is 3.40. The van der Waals surface area contributed by atoms with E-state index in [4.69, 9.17) is 11.5 Å². The van der Waals surface area contributed by atoms with Gasteiger partial charge in [0.25, 0.3) is 11.8 Å². The highest BCUT2D eigenvalue weighted by Crippen LogP contribution is 2.15. The van der Waals surface area contributed by atoms with Crippen molar-refractivity contribution in [2.75, 3.05) is 5.32 Å². The van der Waals surface area contributed by atoms with Crippen molar-refractivity contribution < 1.29 is 9.59 Å². The Balaban J connectivity index is 2.08. The summed E-state index contributed by atoms with van der Waals surface area (Å²) in [5.74, 6) is -0.888. The van der Waals surface area contributed by atoms with Crippen LogP contribution < -0.4 is 16.8 Å². The number of H-pyrrole nitrogens is 1. The van der Waals surface area contributed by atoms with E-state index in [9.17, 15) is 9.59 Å². The largest absolute Gasteiger partial charge is 0.364 e. The number of anilines is 1. The van der Waals surface area contributed by atoms with Gasteiger partial charge in [0, 0.05) is 12.7 Å². The number of rotatable bonds is 4. The number of aromatic amines is 1. The van der Waals surface area contributed by atoms with Crippen LogP contribution in [0.15, 0.2) is 18.5 Å². The summed E-state index contributed by atoms with van der Waals surface area (Å²) in [7, 11) is 0. The van der Waals surface area contributed by atoms with Gasteiger partial charge >= 0.3 is 0 Å². The number of thiazole rings is 1. The second-order valence-electron chi connectivity index (χ2n) is 3.44. The molecule has 6 N–H and O–H groups in total. The molecule has 7 nitrogen and oxygen atoms in total. The molecule has 2 heterocycles. The first-order valence-corrected chi connectivity index (χ1v) is 5.86. The molecule has 0 aliphatic rings. The molecule has 0 aliphatic carbocycles. The lowest BCUT2D eigenvalue weighted by molar-refractivity contribution is 0.0993. The standard InChI is InChI=1S/C10H11N5O2S/c11-2-8-14-4-7(18-8)10(17)15-5-1-6(9(12)16)13-3-5/h1,3-4,13H,2,11H2,(H2,12,16)(H,15,17). The van der Waals surface area contributed by atoms with Crippen LogP contribution in [0, 0.1) is 0 Å². The van der Waals surface area contributed by atoms with Gasteiger partial charge in [-0.25, -0.2) is 4.98 Å². The Labute approximate surface area is 106 Å². The summed E-state index contributed by atoms with van der Waals surface area (Å²) in [6.45, 7) is 0.300. The van der Waals surface area contributed by atoms with Gasteiger partial charge in [0.2, 0.25) is 0 Å². The average molecular weight is 265 g/mol. The van der Waals surface area contributed by atoms with E-state index in [-0.39, 0.29) is 11.6 Å². The number of carbonyl (C=O) groups excluding carboxylic acids is 2. The van der Waals surface area contributed by atoms with E-state index in [0.717, 1.165) is 0 Å². The number of nitrogens with two attached hydrogens (primary N) is 2. The van der Waals surface area contributed by atoms with Gasteiger partial charge in [-0.15, -0.1) is 11.3 Å². The van der Waals surface area contributed by atoms with Crippen LogP contribution in [0.25, 0.3) is 0 Å². The van der Waals surface area contributed by atoms with Crippen molar-refractivity contribution in [3.8, 4) is 0 Å². The molecule has 0 unspecified atom stereocenters. The van der Waals surface area contributed by atoms with Crippen molar-refractivity contribution in [3.63, 3.8) is 0 Å². The van der Waals surface area contributed by atoms with Crippen LogP contribution in [0.1, 0.15) is 25.2 Å². The number of nitrogens with zero attached hydrogens (tertiary/aromatic N) is 1. The molecule has 0 aromatic carbocycles. The van der Waals surface area contributed by atoms with Crippen LogP contribution in [0.4, 0.5) is 5.69 Å². The highest BCUT2D eigenvalue weighted by Gasteiger charge is 2.12. The number of hydrogen-bond acceptors (Lipinski definition) is 5. The number of nitrogens with one attached hydrogen (secondary N) is 2. The highest BCUT2D eigenvalue weighted by atomic mass is 32.1. The zero-order valence-electron chi connectivity index (χ0n) is 9.27. The van der Waals surface area contributed by atoms with E-state index >= 15 is 0 Å². The normalized spacial score (nSPS) is 10.3. The number of aromatic nitrogens is 2. The van der Waals surface area contributed by atoms with Crippen molar-refractivity contribution >= 4 is 28.8 Å².